The Morgan fingerprint density at radius 3 is 2.46 bits per heavy atom. The Bertz CT molecular complexity index is 2020. The predicted octanol–water partition coefficient (Wildman–Crippen LogP) is 10.8. The van der Waals surface area contributed by atoms with Gasteiger partial charge in [-0.3, -0.25) is 4.79 Å². The van der Waals surface area contributed by atoms with E-state index < -0.39 is 5.41 Å². The molecule has 0 saturated carbocycles. The number of fused-ring (bicyclic) bond motifs is 2. The number of para-hydroxylation sites is 1. The van der Waals surface area contributed by atoms with Crippen molar-refractivity contribution in [2.24, 2.45) is 0 Å². The van der Waals surface area contributed by atoms with Crippen LogP contribution in [-0.2, 0) is 15.6 Å². The summed E-state index contributed by atoms with van der Waals surface area (Å²) in [6.45, 7) is 15.1. The van der Waals surface area contributed by atoms with Crippen molar-refractivity contribution < 1.29 is 18.5 Å². The van der Waals surface area contributed by atoms with Crippen LogP contribution in [-0.4, -0.2) is 37.3 Å². The number of hydrogen-bond acceptors (Lipinski definition) is 3. The summed E-state index contributed by atoms with van der Waals surface area (Å²) in [5, 5.41) is 2.23. The number of ether oxygens (including phenoxy) is 1. The molecule has 2 aliphatic heterocycles. The van der Waals surface area contributed by atoms with Gasteiger partial charge in [-0.25, -0.2) is 4.39 Å². The Morgan fingerprint density at radius 2 is 1.70 bits per heavy atom. The molecule has 6 rings (SSSR count). The number of anilines is 1. The minimum atomic E-state index is -0.427. The summed E-state index contributed by atoms with van der Waals surface area (Å²) in [6.07, 6.45) is 17.3. The lowest BCUT2D eigenvalue weighted by Crippen LogP contribution is -2.28. The van der Waals surface area contributed by atoms with Gasteiger partial charge in [-0.1, -0.05) is 69.2 Å². The maximum Gasteiger partial charge on any atom is 0.226 e. The first-order chi connectivity index (χ1) is 25.9. The molecule has 0 saturated heterocycles. The van der Waals surface area contributed by atoms with E-state index in [1.165, 1.54) is 47.0 Å². The first-order valence-corrected chi connectivity index (χ1v) is 19.8. The average molecular weight is 725 g/mol. The van der Waals surface area contributed by atoms with Gasteiger partial charge in [0.15, 0.2) is 5.71 Å². The number of allylic oxidation sites excluding steroid dienone is 7. The zero-order valence-corrected chi connectivity index (χ0v) is 33.1. The van der Waals surface area contributed by atoms with E-state index in [1.54, 1.807) is 6.07 Å². The third-order valence-corrected chi connectivity index (χ3v) is 11.4. The molecule has 280 valence electrons. The summed E-state index contributed by atoms with van der Waals surface area (Å²) in [4.78, 5) is 14.1. The molecule has 0 aromatic heterocycles. The lowest BCUT2D eigenvalue weighted by Gasteiger charge is -2.27. The minimum Gasteiger partial charge on any atom is -0.457 e. The summed E-state index contributed by atoms with van der Waals surface area (Å²) in [7, 11) is 5.32. The van der Waals surface area contributed by atoms with Crippen molar-refractivity contribution in [1.82, 2.24) is 5.23 Å². The zero-order valence-electron chi connectivity index (χ0n) is 33.1. The molecule has 5 nitrogen and oxygen atoms in total. The standard InChI is InChI=1S/C47H56BFN3O2/c1-7-8-12-30-51-40-18-10-9-17-38(40)46(3,4)42(51)28-22-34-15-14-16-35(45(34)54-37-25-20-33(2)21-26-37)23-29-43-47(5,6)39-32-36(49)24-27-41(39)52(43)31-13-11-19-44(53)50-48/h9-10,17-18,20-29,32H,7-8,11-16,19,30-31H2,1-6H3,(H,50,53)/q+1. The van der Waals surface area contributed by atoms with Gasteiger partial charge in [0.25, 0.3) is 0 Å². The summed E-state index contributed by atoms with van der Waals surface area (Å²) < 4.78 is 24.1. The molecule has 0 atom stereocenters. The number of amides is 1. The third kappa shape index (κ3) is 8.21. The van der Waals surface area contributed by atoms with E-state index in [0.717, 1.165) is 72.7 Å². The maximum atomic E-state index is 14.7. The fourth-order valence-electron chi connectivity index (χ4n) is 8.35. The summed E-state index contributed by atoms with van der Waals surface area (Å²) in [5.74, 6) is 1.31. The maximum absolute atomic E-state index is 14.7. The predicted molar refractivity (Wildman–Crippen MR) is 221 cm³/mol. The van der Waals surface area contributed by atoms with E-state index in [2.05, 4.69) is 117 Å². The number of rotatable bonds is 14. The van der Waals surface area contributed by atoms with E-state index in [-0.39, 0.29) is 17.1 Å². The molecule has 54 heavy (non-hydrogen) atoms. The molecule has 1 aliphatic carbocycles. The summed E-state index contributed by atoms with van der Waals surface area (Å²) in [6, 6.07) is 22.2. The van der Waals surface area contributed by atoms with Gasteiger partial charge < -0.3 is 14.9 Å². The number of halogens is 1. The second-order valence-corrected chi connectivity index (χ2v) is 16.0. The summed E-state index contributed by atoms with van der Waals surface area (Å²) in [5.41, 5.74) is 10.0. The monoisotopic (exact) mass is 724 g/mol. The van der Waals surface area contributed by atoms with Crippen LogP contribution in [0.5, 0.6) is 5.75 Å². The molecule has 0 fully saturated rings. The molecular formula is C47H56BFN3O2+. The van der Waals surface area contributed by atoms with E-state index in [9.17, 15) is 9.18 Å². The molecule has 2 heterocycles. The van der Waals surface area contributed by atoms with Gasteiger partial charge in [0.2, 0.25) is 19.6 Å². The Morgan fingerprint density at radius 1 is 0.926 bits per heavy atom. The van der Waals surface area contributed by atoms with Crippen LogP contribution in [0.1, 0.15) is 109 Å². The first-order valence-electron chi connectivity index (χ1n) is 19.8. The number of nitrogens with one attached hydrogen (secondary N) is 1. The Balaban J connectivity index is 1.41. The normalized spacial score (nSPS) is 18.9. The number of unbranched alkanes of at least 4 members (excludes halogenated alkanes) is 3. The molecule has 1 N–H and O–H groups in total. The van der Waals surface area contributed by atoms with Crippen molar-refractivity contribution in [3.8, 4) is 5.75 Å². The highest BCUT2D eigenvalue weighted by molar-refractivity contribution is 6.14. The van der Waals surface area contributed by atoms with Crippen LogP contribution < -0.4 is 14.9 Å². The van der Waals surface area contributed by atoms with Crippen molar-refractivity contribution in [3.05, 3.63) is 136 Å². The Hall–Kier alpha value is -4.65. The minimum absolute atomic E-state index is 0.129. The molecule has 1 amide bonds. The number of benzene rings is 3. The van der Waals surface area contributed by atoms with Gasteiger partial charge in [-0.05, 0) is 118 Å². The van der Waals surface area contributed by atoms with Crippen molar-refractivity contribution in [2.45, 2.75) is 110 Å². The number of hydrogen-bond donors (Lipinski definition) is 1. The van der Waals surface area contributed by atoms with Gasteiger partial charge in [0.1, 0.15) is 23.9 Å². The molecule has 0 bridgehead atoms. The van der Waals surface area contributed by atoms with Crippen LogP contribution in [0.25, 0.3) is 0 Å². The van der Waals surface area contributed by atoms with Crippen molar-refractivity contribution in [2.75, 3.05) is 18.0 Å². The first kappa shape index (κ1) is 39.1. The lowest BCUT2D eigenvalue weighted by molar-refractivity contribution is -0.438. The van der Waals surface area contributed by atoms with Crippen LogP contribution in [0.2, 0.25) is 0 Å². The van der Waals surface area contributed by atoms with Gasteiger partial charge in [0.05, 0.1) is 5.41 Å². The second kappa shape index (κ2) is 16.8. The van der Waals surface area contributed by atoms with Crippen molar-refractivity contribution in [1.29, 1.82) is 0 Å². The molecule has 2 radical (unpaired) electrons. The van der Waals surface area contributed by atoms with Crippen LogP contribution in [0.4, 0.5) is 15.8 Å². The fraction of sp³-hybridized carbons (Fsp3) is 0.404. The van der Waals surface area contributed by atoms with Crippen LogP contribution >= 0.6 is 0 Å². The van der Waals surface area contributed by atoms with E-state index in [4.69, 9.17) is 12.7 Å². The SMILES string of the molecule is [B]NC(=O)CCCCN1C(=CC=C2CCCC(C=CC3=[N+](CCCCC)c4ccccc4C3(C)C)=C2Oc2ccc(C)cc2)C(C)(C)c2cc(F)ccc21. The molecule has 3 aliphatic rings. The van der Waals surface area contributed by atoms with E-state index in [0.29, 0.717) is 19.4 Å². The Labute approximate surface area is 323 Å². The topological polar surface area (TPSA) is 44.6 Å². The zero-order chi connectivity index (χ0) is 38.5. The highest BCUT2D eigenvalue weighted by Crippen LogP contribution is 2.48. The third-order valence-electron chi connectivity index (χ3n) is 11.4. The highest BCUT2D eigenvalue weighted by atomic mass is 19.1. The fourth-order valence-corrected chi connectivity index (χ4v) is 8.35. The molecule has 3 aromatic rings. The van der Waals surface area contributed by atoms with Gasteiger partial charge in [-0.15, -0.1) is 0 Å². The Kier molecular flexibility index (Phi) is 12.1. The van der Waals surface area contributed by atoms with Crippen LogP contribution in [0.3, 0.4) is 0 Å². The molecule has 7 heteroatoms. The van der Waals surface area contributed by atoms with Crippen LogP contribution in [0.15, 0.2) is 114 Å². The van der Waals surface area contributed by atoms with Crippen molar-refractivity contribution >= 4 is 31.0 Å². The quantitative estimate of drug-likeness (QED) is 0.102. The number of carbonyl (C=O) groups is 1. The second-order valence-electron chi connectivity index (χ2n) is 16.0. The molecule has 0 unspecified atom stereocenters. The average Bonchev–Trinajstić information content (AvgIpc) is 3.50. The van der Waals surface area contributed by atoms with Crippen LogP contribution in [0, 0.1) is 12.7 Å². The number of nitrogens with zero attached hydrogens (tertiary/aromatic N) is 2. The number of carbonyl (C=O) groups excluding carboxylic acids is 1. The van der Waals surface area contributed by atoms with E-state index >= 15 is 0 Å². The van der Waals surface area contributed by atoms with E-state index in [1.807, 2.05) is 18.2 Å². The highest BCUT2D eigenvalue weighted by Gasteiger charge is 2.44. The lowest BCUT2D eigenvalue weighted by atomic mass is 9.81. The smallest absolute Gasteiger partial charge is 0.226 e. The number of aryl methyl sites for hydroxylation is 1. The van der Waals surface area contributed by atoms with Crippen molar-refractivity contribution in [3.63, 3.8) is 0 Å². The van der Waals surface area contributed by atoms with Gasteiger partial charge in [0, 0.05) is 53.9 Å². The van der Waals surface area contributed by atoms with Gasteiger partial charge >= 0.3 is 0 Å². The largest absolute Gasteiger partial charge is 0.457 e. The molecule has 0 spiro atoms. The van der Waals surface area contributed by atoms with Gasteiger partial charge in [-0.2, -0.15) is 4.58 Å². The molecule has 3 aromatic carbocycles. The summed E-state index contributed by atoms with van der Waals surface area (Å²) >= 11 is 0. The molecular weight excluding hydrogens is 668 g/mol.